The maximum atomic E-state index is 5.46. The first-order valence-electron chi connectivity index (χ1n) is 5.66. The highest BCUT2D eigenvalue weighted by Crippen LogP contribution is 2.21. The number of rotatable bonds is 3. The van der Waals surface area contributed by atoms with E-state index >= 15 is 0 Å². The van der Waals surface area contributed by atoms with Crippen LogP contribution in [0.4, 0.5) is 0 Å². The summed E-state index contributed by atoms with van der Waals surface area (Å²) in [6, 6.07) is 7.89. The monoisotopic (exact) mass is 310 g/mol. The molecule has 4 nitrogen and oxygen atoms in total. The average Bonchev–Trinajstić information content (AvgIpc) is 2.74. The molecule has 0 N–H and O–H groups in total. The van der Waals surface area contributed by atoms with Crippen molar-refractivity contribution in [2.75, 3.05) is 0 Å². The standard InChI is InChI=1S/C13H15BrN2O2/c1-13(2,3)11-15-12(18-16-11)17-8-9-5-4-6-10(14)7-9/h4-7H,8H2,1-3H3. The lowest BCUT2D eigenvalue weighted by Gasteiger charge is -2.10. The van der Waals surface area contributed by atoms with Crippen LogP contribution in [0.25, 0.3) is 0 Å². The van der Waals surface area contributed by atoms with Crippen LogP contribution in [-0.2, 0) is 12.0 Å². The number of ether oxygens (including phenoxy) is 1. The fourth-order valence-corrected chi connectivity index (χ4v) is 1.79. The van der Waals surface area contributed by atoms with Crippen LogP contribution in [0.1, 0.15) is 32.2 Å². The van der Waals surface area contributed by atoms with Crippen molar-refractivity contribution < 1.29 is 9.26 Å². The van der Waals surface area contributed by atoms with Gasteiger partial charge in [-0.1, -0.05) is 54.0 Å². The molecule has 18 heavy (non-hydrogen) atoms. The Kier molecular flexibility index (Phi) is 3.71. The lowest BCUT2D eigenvalue weighted by atomic mass is 9.96. The second kappa shape index (κ2) is 5.10. The van der Waals surface area contributed by atoms with Crippen LogP contribution in [0.15, 0.2) is 33.3 Å². The third-order valence-electron chi connectivity index (χ3n) is 2.33. The van der Waals surface area contributed by atoms with Crippen LogP contribution >= 0.6 is 15.9 Å². The highest BCUT2D eigenvalue weighted by Gasteiger charge is 2.21. The molecule has 0 amide bonds. The number of hydrogen-bond donors (Lipinski definition) is 0. The van der Waals surface area contributed by atoms with E-state index in [4.69, 9.17) is 9.26 Å². The van der Waals surface area contributed by atoms with Crippen molar-refractivity contribution >= 4 is 15.9 Å². The van der Waals surface area contributed by atoms with Gasteiger partial charge in [0, 0.05) is 9.89 Å². The van der Waals surface area contributed by atoms with Crippen LogP contribution in [0.5, 0.6) is 6.08 Å². The van der Waals surface area contributed by atoms with Crippen molar-refractivity contribution in [1.29, 1.82) is 0 Å². The summed E-state index contributed by atoms with van der Waals surface area (Å²) < 4.78 is 11.5. The number of nitrogens with zero attached hydrogens (tertiary/aromatic N) is 2. The van der Waals surface area contributed by atoms with Gasteiger partial charge in [-0.25, -0.2) is 0 Å². The van der Waals surface area contributed by atoms with Crippen molar-refractivity contribution in [1.82, 2.24) is 10.1 Å². The van der Waals surface area contributed by atoms with E-state index < -0.39 is 0 Å². The predicted molar refractivity (Wildman–Crippen MR) is 71.5 cm³/mol. The molecule has 0 aliphatic carbocycles. The maximum absolute atomic E-state index is 5.46. The van der Waals surface area contributed by atoms with Gasteiger partial charge in [-0.2, -0.15) is 4.98 Å². The molecule has 0 aliphatic heterocycles. The lowest BCUT2D eigenvalue weighted by Crippen LogP contribution is -2.13. The summed E-state index contributed by atoms with van der Waals surface area (Å²) in [5.74, 6) is 0.645. The van der Waals surface area contributed by atoms with Gasteiger partial charge in [0.2, 0.25) is 0 Å². The van der Waals surface area contributed by atoms with Gasteiger partial charge in [0.05, 0.1) is 0 Å². The summed E-state index contributed by atoms with van der Waals surface area (Å²) in [4.78, 5) is 4.21. The summed E-state index contributed by atoms with van der Waals surface area (Å²) >= 11 is 3.41. The van der Waals surface area contributed by atoms with Crippen LogP contribution in [0.2, 0.25) is 0 Å². The quantitative estimate of drug-likeness (QED) is 0.867. The summed E-state index contributed by atoms with van der Waals surface area (Å²) in [5.41, 5.74) is 0.904. The Morgan fingerprint density at radius 2 is 2.11 bits per heavy atom. The molecule has 1 heterocycles. The molecule has 0 atom stereocenters. The molecule has 2 rings (SSSR count). The third kappa shape index (κ3) is 3.32. The Morgan fingerprint density at radius 1 is 1.33 bits per heavy atom. The molecular weight excluding hydrogens is 296 g/mol. The zero-order chi connectivity index (χ0) is 13.2. The highest BCUT2D eigenvalue weighted by molar-refractivity contribution is 9.10. The van der Waals surface area contributed by atoms with E-state index in [2.05, 4.69) is 26.1 Å². The molecule has 96 valence electrons. The summed E-state index contributed by atoms with van der Waals surface area (Å²) in [6.45, 7) is 6.48. The Bertz CT molecular complexity index is 532. The lowest BCUT2D eigenvalue weighted by molar-refractivity contribution is 0.194. The molecule has 0 bridgehead atoms. The third-order valence-corrected chi connectivity index (χ3v) is 2.82. The molecule has 1 aromatic heterocycles. The fourth-order valence-electron chi connectivity index (χ4n) is 1.34. The van der Waals surface area contributed by atoms with Gasteiger partial charge in [0.25, 0.3) is 0 Å². The molecule has 0 unspecified atom stereocenters. The first-order chi connectivity index (χ1) is 8.45. The maximum Gasteiger partial charge on any atom is 0.417 e. The van der Waals surface area contributed by atoms with Crippen molar-refractivity contribution in [3.63, 3.8) is 0 Å². The van der Waals surface area contributed by atoms with Crippen molar-refractivity contribution in [3.05, 3.63) is 40.1 Å². The number of aromatic nitrogens is 2. The highest BCUT2D eigenvalue weighted by atomic mass is 79.9. The molecule has 1 aromatic carbocycles. The van der Waals surface area contributed by atoms with E-state index in [0.29, 0.717) is 12.4 Å². The molecule has 0 saturated heterocycles. The van der Waals surface area contributed by atoms with E-state index in [0.717, 1.165) is 10.0 Å². The van der Waals surface area contributed by atoms with Crippen LogP contribution < -0.4 is 4.74 Å². The average molecular weight is 311 g/mol. The Balaban J connectivity index is 2.01. The van der Waals surface area contributed by atoms with Gasteiger partial charge < -0.3 is 4.74 Å². The van der Waals surface area contributed by atoms with E-state index in [1.165, 1.54) is 0 Å². The number of benzene rings is 1. The summed E-state index contributed by atoms with van der Waals surface area (Å²) in [6.07, 6.45) is 0.208. The van der Waals surface area contributed by atoms with E-state index in [1.54, 1.807) is 0 Å². The van der Waals surface area contributed by atoms with Gasteiger partial charge >= 0.3 is 6.08 Å². The predicted octanol–water partition coefficient (Wildman–Crippen LogP) is 3.71. The zero-order valence-corrected chi connectivity index (χ0v) is 12.2. The Hall–Kier alpha value is -1.36. The van der Waals surface area contributed by atoms with Gasteiger partial charge in [0.15, 0.2) is 5.82 Å². The second-order valence-electron chi connectivity index (χ2n) is 5.05. The minimum atomic E-state index is -0.138. The number of halogens is 1. The normalized spacial score (nSPS) is 11.6. The van der Waals surface area contributed by atoms with Crippen molar-refractivity contribution in [3.8, 4) is 6.08 Å². The molecule has 0 radical (unpaired) electrons. The van der Waals surface area contributed by atoms with Gasteiger partial charge in [0.1, 0.15) is 6.61 Å². The van der Waals surface area contributed by atoms with Crippen molar-refractivity contribution in [2.24, 2.45) is 0 Å². The minimum Gasteiger partial charge on any atom is -0.444 e. The smallest absolute Gasteiger partial charge is 0.417 e. The largest absolute Gasteiger partial charge is 0.444 e. The first-order valence-corrected chi connectivity index (χ1v) is 6.46. The van der Waals surface area contributed by atoms with Gasteiger partial charge in [-0.3, -0.25) is 4.52 Å². The van der Waals surface area contributed by atoms with Crippen molar-refractivity contribution in [2.45, 2.75) is 32.8 Å². The molecule has 2 aromatic rings. The van der Waals surface area contributed by atoms with E-state index in [1.807, 2.05) is 45.0 Å². The zero-order valence-electron chi connectivity index (χ0n) is 10.6. The van der Waals surface area contributed by atoms with Gasteiger partial charge in [-0.15, -0.1) is 0 Å². The molecule has 0 fully saturated rings. The molecule has 0 aliphatic rings. The topological polar surface area (TPSA) is 48.2 Å². The van der Waals surface area contributed by atoms with E-state index in [-0.39, 0.29) is 11.5 Å². The summed E-state index contributed by atoms with van der Waals surface area (Å²) in [7, 11) is 0. The SMILES string of the molecule is CC(C)(C)c1noc(OCc2cccc(Br)c2)n1. The molecular formula is C13H15BrN2O2. The molecule has 5 heteroatoms. The summed E-state index contributed by atoms with van der Waals surface area (Å²) in [5, 5.41) is 3.90. The molecule has 0 saturated carbocycles. The van der Waals surface area contributed by atoms with E-state index in [9.17, 15) is 0 Å². The minimum absolute atomic E-state index is 0.138. The first kappa shape index (κ1) is 13.1. The fraction of sp³-hybridized carbons (Fsp3) is 0.385. The Morgan fingerprint density at radius 3 is 2.72 bits per heavy atom. The van der Waals surface area contributed by atoms with Crippen LogP contribution in [0.3, 0.4) is 0 Å². The van der Waals surface area contributed by atoms with Crippen LogP contribution in [0, 0.1) is 0 Å². The number of hydrogen-bond acceptors (Lipinski definition) is 4. The Labute approximate surface area is 114 Å². The molecule has 0 spiro atoms. The van der Waals surface area contributed by atoms with Gasteiger partial charge in [-0.05, 0) is 17.7 Å². The second-order valence-corrected chi connectivity index (χ2v) is 5.97. The van der Waals surface area contributed by atoms with Crippen LogP contribution in [-0.4, -0.2) is 10.1 Å².